The summed E-state index contributed by atoms with van der Waals surface area (Å²) in [5.41, 5.74) is -0.296. The topological polar surface area (TPSA) is 36.9 Å². The molecule has 0 aliphatic carbocycles. The van der Waals surface area contributed by atoms with Crippen LogP contribution in [0.3, 0.4) is 0 Å². The van der Waals surface area contributed by atoms with Gasteiger partial charge in [0.15, 0.2) is 0 Å². The lowest BCUT2D eigenvalue weighted by Gasteiger charge is -2.31. The molecule has 1 aromatic carbocycles. The summed E-state index contributed by atoms with van der Waals surface area (Å²) in [6, 6.07) is 9.89. The van der Waals surface area contributed by atoms with Crippen molar-refractivity contribution < 1.29 is 18.9 Å². The highest BCUT2D eigenvalue weighted by molar-refractivity contribution is 5.20. The molecule has 1 aromatic rings. The van der Waals surface area contributed by atoms with Crippen LogP contribution < -0.4 is 4.74 Å². The zero-order chi connectivity index (χ0) is 21.5. The summed E-state index contributed by atoms with van der Waals surface area (Å²) in [7, 11) is 0. The minimum absolute atomic E-state index is 0.118. The predicted molar refractivity (Wildman–Crippen MR) is 121 cm³/mol. The van der Waals surface area contributed by atoms with Gasteiger partial charge < -0.3 is 18.9 Å². The van der Waals surface area contributed by atoms with Gasteiger partial charge in [0, 0.05) is 13.2 Å². The van der Waals surface area contributed by atoms with E-state index in [1.165, 1.54) is 19.3 Å². The molecule has 0 saturated heterocycles. The van der Waals surface area contributed by atoms with E-state index in [4.69, 9.17) is 18.9 Å². The van der Waals surface area contributed by atoms with Crippen molar-refractivity contribution in [3.05, 3.63) is 30.3 Å². The fourth-order valence-electron chi connectivity index (χ4n) is 3.14. The number of unbranched alkanes of at least 4 members (excludes halogenated alkanes) is 1. The summed E-state index contributed by atoms with van der Waals surface area (Å²) in [5, 5.41) is 0. The molecule has 4 nitrogen and oxygen atoms in total. The van der Waals surface area contributed by atoms with Crippen LogP contribution in [0.5, 0.6) is 5.75 Å². The SMILES string of the molecule is CCCCC(CC)COCC(COc1ccccc1)OC(C)(C)CCOC(C)C. The van der Waals surface area contributed by atoms with Crippen LogP contribution in [0.1, 0.15) is 73.6 Å². The van der Waals surface area contributed by atoms with Gasteiger partial charge in [0.1, 0.15) is 18.5 Å². The minimum atomic E-state index is -0.296. The van der Waals surface area contributed by atoms with Crippen molar-refractivity contribution in [1.29, 1.82) is 0 Å². The first-order valence-corrected chi connectivity index (χ1v) is 11.4. The standard InChI is InChI=1S/C25H44O4/c1-7-9-13-22(8-2)18-26-19-24(20-28-23-14-11-10-12-15-23)29-25(5,6)16-17-27-21(3)4/h10-12,14-15,21-22,24H,7-9,13,16-20H2,1-6H3. The molecule has 0 spiro atoms. The van der Waals surface area contributed by atoms with E-state index in [1.807, 2.05) is 30.3 Å². The Balaban J connectivity index is 2.57. The Hall–Kier alpha value is -1.10. The summed E-state index contributed by atoms with van der Waals surface area (Å²) < 4.78 is 24.2. The molecule has 0 aromatic heterocycles. The second kappa shape index (κ2) is 14.8. The van der Waals surface area contributed by atoms with Crippen molar-refractivity contribution in [2.45, 2.75) is 91.5 Å². The normalized spacial score (nSPS) is 14.2. The van der Waals surface area contributed by atoms with Gasteiger partial charge in [0.25, 0.3) is 0 Å². The molecule has 0 aliphatic heterocycles. The number of para-hydroxylation sites is 1. The molecule has 0 bridgehead atoms. The Kier molecular flexibility index (Phi) is 13.2. The van der Waals surface area contributed by atoms with Crippen LogP contribution in [0, 0.1) is 5.92 Å². The lowest BCUT2D eigenvalue weighted by atomic mass is 10.0. The molecule has 2 unspecified atom stereocenters. The molecule has 0 radical (unpaired) electrons. The number of ether oxygens (including phenoxy) is 4. The van der Waals surface area contributed by atoms with Gasteiger partial charge in [-0.3, -0.25) is 0 Å². The van der Waals surface area contributed by atoms with Gasteiger partial charge in [-0.2, -0.15) is 0 Å². The highest BCUT2D eigenvalue weighted by Gasteiger charge is 2.25. The molecule has 0 amide bonds. The minimum Gasteiger partial charge on any atom is -0.491 e. The first-order chi connectivity index (χ1) is 13.9. The van der Waals surface area contributed by atoms with E-state index in [1.54, 1.807) is 0 Å². The summed E-state index contributed by atoms with van der Waals surface area (Å²) >= 11 is 0. The fraction of sp³-hybridized carbons (Fsp3) is 0.760. The molecule has 0 heterocycles. The maximum atomic E-state index is 6.41. The first-order valence-electron chi connectivity index (χ1n) is 11.4. The molecular weight excluding hydrogens is 364 g/mol. The average molecular weight is 409 g/mol. The third kappa shape index (κ3) is 12.9. The van der Waals surface area contributed by atoms with Gasteiger partial charge in [-0.05, 0) is 58.6 Å². The number of hydrogen-bond donors (Lipinski definition) is 0. The molecule has 0 aliphatic rings. The van der Waals surface area contributed by atoms with E-state index in [9.17, 15) is 0 Å². The lowest BCUT2D eigenvalue weighted by molar-refractivity contribution is -0.127. The van der Waals surface area contributed by atoms with Crippen molar-refractivity contribution in [2.24, 2.45) is 5.92 Å². The van der Waals surface area contributed by atoms with Gasteiger partial charge in [0.2, 0.25) is 0 Å². The number of rotatable bonds is 17. The number of hydrogen-bond acceptors (Lipinski definition) is 4. The molecule has 0 saturated carbocycles. The van der Waals surface area contributed by atoms with Crippen molar-refractivity contribution in [1.82, 2.24) is 0 Å². The maximum absolute atomic E-state index is 6.41. The van der Waals surface area contributed by atoms with Crippen molar-refractivity contribution in [3.63, 3.8) is 0 Å². The average Bonchev–Trinajstić information content (AvgIpc) is 2.68. The van der Waals surface area contributed by atoms with Crippen LogP contribution in [-0.2, 0) is 14.2 Å². The summed E-state index contributed by atoms with van der Waals surface area (Å²) in [5.74, 6) is 1.48. The molecule has 2 atom stereocenters. The second-order valence-corrected chi connectivity index (χ2v) is 8.75. The monoisotopic (exact) mass is 408 g/mol. The van der Waals surface area contributed by atoms with Crippen LogP contribution in [0.2, 0.25) is 0 Å². The van der Waals surface area contributed by atoms with E-state index in [0.717, 1.165) is 25.2 Å². The van der Waals surface area contributed by atoms with E-state index in [2.05, 4.69) is 41.5 Å². The van der Waals surface area contributed by atoms with Crippen LogP contribution in [0.25, 0.3) is 0 Å². The molecule has 4 heteroatoms. The summed E-state index contributed by atoms with van der Waals surface area (Å²) in [4.78, 5) is 0. The smallest absolute Gasteiger partial charge is 0.119 e. The highest BCUT2D eigenvalue weighted by atomic mass is 16.6. The summed E-state index contributed by atoms with van der Waals surface area (Å²) in [6.45, 7) is 15.3. The van der Waals surface area contributed by atoms with E-state index in [0.29, 0.717) is 25.7 Å². The Bertz CT molecular complexity index is 501. The van der Waals surface area contributed by atoms with Gasteiger partial charge in [0.05, 0.1) is 18.3 Å². The molecule has 0 fully saturated rings. The lowest BCUT2D eigenvalue weighted by Crippen LogP contribution is -2.38. The van der Waals surface area contributed by atoms with Crippen LogP contribution in [0.4, 0.5) is 0 Å². The van der Waals surface area contributed by atoms with Crippen LogP contribution >= 0.6 is 0 Å². The van der Waals surface area contributed by atoms with E-state index in [-0.39, 0.29) is 17.8 Å². The molecule has 1 rings (SSSR count). The Morgan fingerprint density at radius 1 is 0.966 bits per heavy atom. The van der Waals surface area contributed by atoms with E-state index >= 15 is 0 Å². The molecule has 0 N–H and O–H groups in total. The quantitative estimate of drug-likeness (QED) is 0.304. The Morgan fingerprint density at radius 3 is 2.31 bits per heavy atom. The second-order valence-electron chi connectivity index (χ2n) is 8.75. The number of benzene rings is 1. The van der Waals surface area contributed by atoms with Gasteiger partial charge in [-0.15, -0.1) is 0 Å². The van der Waals surface area contributed by atoms with Crippen molar-refractivity contribution >= 4 is 0 Å². The summed E-state index contributed by atoms with van der Waals surface area (Å²) in [6.07, 6.45) is 5.84. The van der Waals surface area contributed by atoms with Crippen LogP contribution in [0.15, 0.2) is 30.3 Å². The van der Waals surface area contributed by atoms with Gasteiger partial charge in [-0.1, -0.05) is 51.3 Å². The third-order valence-corrected chi connectivity index (χ3v) is 5.02. The zero-order valence-corrected chi connectivity index (χ0v) is 19.6. The van der Waals surface area contributed by atoms with Crippen molar-refractivity contribution in [2.75, 3.05) is 26.4 Å². The van der Waals surface area contributed by atoms with Gasteiger partial charge >= 0.3 is 0 Å². The molecular formula is C25H44O4. The van der Waals surface area contributed by atoms with Crippen LogP contribution in [-0.4, -0.2) is 44.2 Å². The first kappa shape index (κ1) is 25.9. The molecule has 168 valence electrons. The zero-order valence-electron chi connectivity index (χ0n) is 19.6. The van der Waals surface area contributed by atoms with E-state index < -0.39 is 0 Å². The fourth-order valence-corrected chi connectivity index (χ4v) is 3.14. The Labute approximate surface area is 179 Å². The predicted octanol–water partition coefficient (Wildman–Crippen LogP) is 6.28. The maximum Gasteiger partial charge on any atom is 0.119 e. The largest absolute Gasteiger partial charge is 0.491 e. The Morgan fingerprint density at radius 2 is 1.69 bits per heavy atom. The third-order valence-electron chi connectivity index (χ3n) is 5.02. The molecule has 29 heavy (non-hydrogen) atoms. The van der Waals surface area contributed by atoms with Gasteiger partial charge in [-0.25, -0.2) is 0 Å². The highest BCUT2D eigenvalue weighted by Crippen LogP contribution is 2.20. The van der Waals surface area contributed by atoms with Crippen molar-refractivity contribution in [3.8, 4) is 5.75 Å².